The minimum atomic E-state index is -0.629. The Morgan fingerprint density at radius 2 is 2.14 bits per heavy atom. The van der Waals surface area contributed by atoms with Crippen molar-refractivity contribution < 1.29 is 13.9 Å². The third kappa shape index (κ3) is 4.03. The lowest BCUT2D eigenvalue weighted by Crippen LogP contribution is -2.04. The first-order chi connectivity index (χ1) is 10.1. The molecule has 1 aromatic heterocycles. The van der Waals surface area contributed by atoms with Crippen LogP contribution in [0.5, 0.6) is 11.6 Å². The smallest absolute Gasteiger partial charge is 0.224 e. The lowest BCUT2D eigenvalue weighted by molar-refractivity contribution is 0.128. The Balaban J connectivity index is 2.28. The number of halogens is 2. The van der Waals surface area contributed by atoms with Gasteiger partial charge < -0.3 is 14.8 Å². The van der Waals surface area contributed by atoms with Crippen LogP contribution in [0.2, 0.25) is 5.02 Å². The normalized spacial score (nSPS) is 10.5. The second-order valence-corrected chi connectivity index (χ2v) is 4.46. The molecule has 0 aliphatic heterocycles. The first-order valence-corrected chi connectivity index (χ1v) is 6.77. The number of nitrogens with one attached hydrogen (secondary N) is 1. The van der Waals surface area contributed by atoms with E-state index in [2.05, 4.69) is 15.3 Å². The summed E-state index contributed by atoms with van der Waals surface area (Å²) in [7, 11) is 1.72. The zero-order valence-corrected chi connectivity index (χ0v) is 12.4. The van der Waals surface area contributed by atoms with Crippen molar-refractivity contribution in [2.75, 3.05) is 19.0 Å². The predicted octanol–water partition coefficient (Wildman–Crippen LogP) is 3.64. The maximum atomic E-state index is 13.8. The molecule has 0 bridgehead atoms. The third-order valence-corrected chi connectivity index (χ3v) is 2.86. The summed E-state index contributed by atoms with van der Waals surface area (Å²) in [5.41, 5.74) is 0. The number of hydrogen-bond donors (Lipinski definition) is 1. The highest BCUT2D eigenvalue weighted by molar-refractivity contribution is 6.30. The fraction of sp³-hybridized carbons (Fsp3) is 0.286. The second kappa shape index (κ2) is 7.19. The Labute approximate surface area is 127 Å². The highest BCUT2D eigenvalue weighted by atomic mass is 35.5. The molecule has 0 unspecified atom stereocenters. The van der Waals surface area contributed by atoms with Crippen molar-refractivity contribution in [3.05, 3.63) is 40.9 Å². The van der Waals surface area contributed by atoms with Crippen LogP contribution in [0, 0.1) is 5.82 Å². The zero-order valence-electron chi connectivity index (χ0n) is 11.7. The number of nitrogens with zero attached hydrogens (tertiary/aromatic N) is 2. The van der Waals surface area contributed by atoms with Crippen LogP contribution in [0.25, 0.3) is 0 Å². The number of aromatic nitrogens is 2. The van der Waals surface area contributed by atoms with Gasteiger partial charge in [-0.15, -0.1) is 0 Å². The van der Waals surface area contributed by atoms with E-state index in [4.69, 9.17) is 21.1 Å². The molecule has 1 heterocycles. The van der Waals surface area contributed by atoms with Gasteiger partial charge in [0.15, 0.2) is 17.4 Å². The van der Waals surface area contributed by atoms with Crippen LogP contribution in [0.15, 0.2) is 24.3 Å². The quantitative estimate of drug-likeness (QED) is 0.882. The minimum Gasteiger partial charge on any atom is -0.436 e. The van der Waals surface area contributed by atoms with E-state index in [1.165, 1.54) is 12.1 Å². The van der Waals surface area contributed by atoms with Crippen LogP contribution in [-0.2, 0) is 11.3 Å². The first-order valence-electron chi connectivity index (χ1n) is 6.39. The molecule has 0 saturated heterocycles. The SMILES string of the molecule is CCOCc1nc(NC)cc(Oc2cccc(Cl)c2F)n1. The van der Waals surface area contributed by atoms with Crippen molar-refractivity contribution in [2.24, 2.45) is 0 Å². The van der Waals surface area contributed by atoms with Crippen molar-refractivity contribution in [1.82, 2.24) is 9.97 Å². The average Bonchev–Trinajstić information content (AvgIpc) is 2.49. The zero-order chi connectivity index (χ0) is 15.2. The molecule has 0 radical (unpaired) electrons. The predicted molar refractivity (Wildman–Crippen MR) is 78.4 cm³/mol. The third-order valence-electron chi connectivity index (χ3n) is 2.57. The number of rotatable bonds is 6. The molecular weight excluding hydrogens is 297 g/mol. The van der Waals surface area contributed by atoms with E-state index in [0.717, 1.165) is 0 Å². The molecule has 1 aromatic carbocycles. The van der Waals surface area contributed by atoms with Crippen molar-refractivity contribution >= 4 is 17.4 Å². The topological polar surface area (TPSA) is 56.3 Å². The Morgan fingerprint density at radius 3 is 2.86 bits per heavy atom. The molecule has 0 aliphatic carbocycles. The number of anilines is 1. The van der Waals surface area contributed by atoms with Gasteiger partial charge in [-0.2, -0.15) is 4.98 Å². The van der Waals surface area contributed by atoms with Crippen molar-refractivity contribution in [2.45, 2.75) is 13.5 Å². The summed E-state index contributed by atoms with van der Waals surface area (Å²) in [5, 5.41) is 2.88. The minimum absolute atomic E-state index is 0.00520. The fourth-order valence-electron chi connectivity index (χ4n) is 1.59. The fourth-order valence-corrected chi connectivity index (χ4v) is 1.75. The van der Waals surface area contributed by atoms with Gasteiger partial charge in [0.1, 0.15) is 12.4 Å². The van der Waals surface area contributed by atoms with Crippen LogP contribution < -0.4 is 10.1 Å². The highest BCUT2D eigenvalue weighted by Gasteiger charge is 2.11. The number of benzene rings is 1. The van der Waals surface area contributed by atoms with E-state index >= 15 is 0 Å². The van der Waals surface area contributed by atoms with Gasteiger partial charge in [-0.25, -0.2) is 9.37 Å². The Kier molecular flexibility index (Phi) is 5.30. The summed E-state index contributed by atoms with van der Waals surface area (Å²) in [5.74, 6) is 0.587. The largest absolute Gasteiger partial charge is 0.436 e. The molecule has 0 amide bonds. The summed E-state index contributed by atoms with van der Waals surface area (Å²) in [6.07, 6.45) is 0. The Morgan fingerprint density at radius 1 is 1.33 bits per heavy atom. The van der Waals surface area contributed by atoms with Gasteiger partial charge in [-0.3, -0.25) is 0 Å². The van der Waals surface area contributed by atoms with Gasteiger partial charge in [-0.05, 0) is 19.1 Å². The van der Waals surface area contributed by atoms with E-state index in [0.29, 0.717) is 18.2 Å². The van der Waals surface area contributed by atoms with Gasteiger partial charge in [0.2, 0.25) is 5.88 Å². The summed E-state index contributed by atoms with van der Waals surface area (Å²) in [6.45, 7) is 2.67. The molecule has 112 valence electrons. The van der Waals surface area contributed by atoms with E-state index in [9.17, 15) is 4.39 Å². The lowest BCUT2D eigenvalue weighted by Gasteiger charge is -2.10. The molecule has 0 atom stereocenters. The van der Waals surface area contributed by atoms with Crippen LogP contribution in [-0.4, -0.2) is 23.6 Å². The van der Waals surface area contributed by atoms with Gasteiger partial charge >= 0.3 is 0 Å². The van der Waals surface area contributed by atoms with Gasteiger partial charge in [0.05, 0.1) is 5.02 Å². The van der Waals surface area contributed by atoms with Crippen LogP contribution in [0.1, 0.15) is 12.7 Å². The molecule has 0 fully saturated rings. The average molecular weight is 312 g/mol. The molecule has 0 spiro atoms. The number of ether oxygens (including phenoxy) is 2. The van der Waals surface area contributed by atoms with Crippen molar-refractivity contribution in [1.29, 1.82) is 0 Å². The van der Waals surface area contributed by atoms with Crippen LogP contribution >= 0.6 is 11.6 Å². The Hall–Kier alpha value is -1.92. The second-order valence-electron chi connectivity index (χ2n) is 4.05. The molecule has 0 saturated carbocycles. The van der Waals surface area contributed by atoms with E-state index in [1.807, 2.05) is 6.92 Å². The monoisotopic (exact) mass is 311 g/mol. The van der Waals surface area contributed by atoms with Crippen LogP contribution in [0.3, 0.4) is 0 Å². The molecule has 7 heteroatoms. The van der Waals surface area contributed by atoms with E-state index in [1.54, 1.807) is 19.2 Å². The summed E-state index contributed by atoms with van der Waals surface area (Å²) >= 11 is 5.72. The molecule has 2 rings (SSSR count). The van der Waals surface area contributed by atoms with Gasteiger partial charge in [-0.1, -0.05) is 17.7 Å². The molecule has 1 N–H and O–H groups in total. The maximum Gasteiger partial charge on any atom is 0.224 e. The lowest BCUT2D eigenvalue weighted by atomic mass is 10.3. The molecular formula is C14H15ClFN3O2. The van der Waals surface area contributed by atoms with Gasteiger partial charge in [0.25, 0.3) is 0 Å². The van der Waals surface area contributed by atoms with Crippen molar-refractivity contribution in [3.63, 3.8) is 0 Å². The highest BCUT2D eigenvalue weighted by Crippen LogP contribution is 2.28. The summed E-state index contributed by atoms with van der Waals surface area (Å²) in [6, 6.07) is 6.09. The first kappa shape index (κ1) is 15.5. The maximum absolute atomic E-state index is 13.8. The molecule has 0 aliphatic rings. The molecule has 5 nitrogen and oxygen atoms in total. The van der Waals surface area contributed by atoms with Gasteiger partial charge in [0, 0.05) is 19.7 Å². The Bertz CT molecular complexity index is 625. The van der Waals surface area contributed by atoms with Crippen LogP contribution in [0.4, 0.5) is 10.2 Å². The standard InChI is InChI=1S/C14H15ClFN3O2/c1-3-20-8-12-18-11(17-2)7-13(19-12)21-10-6-4-5-9(15)14(10)16/h4-7H,3,8H2,1-2H3,(H,17,18,19). The van der Waals surface area contributed by atoms with E-state index in [-0.39, 0.29) is 23.3 Å². The summed E-state index contributed by atoms with van der Waals surface area (Å²) in [4.78, 5) is 8.40. The van der Waals surface area contributed by atoms with E-state index < -0.39 is 5.82 Å². The molecule has 2 aromatic rings. The molecule has 21 heavy (non-hydrogen) atoms. The summed E-state index contributed by atoms with van der Waals surface area (Å²) < 4.78 is 24.5. The van der Waals surface area contributed by atoms with Crippen molar-refractivity contribution in [3.8, 4) is 11.6 Å². The number of hydrogen-bond acceptors (Lipinski definition) is 5.